The lowest BCUT2D eigenvalue weighted by Crippen LogP contribution is -2.46. The number of sulfonamides is 2. The number of hydrogen-bond donors (Lipinski definition) is 3. The summed E-state index contributed by atoms with van der Waals surface area (Å²) in [5, 5.41) is 2.73. The second-order valence-corrected chi connectivity index (χ2v) is 10.5. The number of benzene rings is 2. The summed E-state index contributed by atoms with van der Waals surface area (Å²) in [7, 11) is -8.87. The van der Waals surface area contributed by atoms with Crippen LogP contribution in [0.4, 0.5) is 18.9 Å². The number of hydrogen-bond acceptors (Lipinski definition) is 5. The smallest absolute Gasteiger partial charge is 0.368 e. The Hall–Kier alpha value is -2.15. The van der Waals surface area contributed by atoms with Gasteiger partial charge in [0.25, 0.3) is 0 Å². The Labute approximate surface area is 172 Å². The van der Waals surface area contributed by atoms with Crippen LogP contribution in [0.2, 0.25) is 0 Å². The van der Waals surface area contributed by atoms with E-state index in [0.717, 1.165) is 5.56 Å². The molecule has 1 atom stereocenters. The normalized spacial score (nSPS) is 18.7. The number of alkyl halides is 3. The van der Waals surface area contributed by atoms with Gasteiger partial charge in [-0.3, -0.25) is 0 Å². The van der Waals surface area contributed by atoms with Crippen molar-refractivity contribution in [3.63, 3.8) is 0 Å². The number of nitrogens with one attached hydrogen (secondary N) is 3. The molecule has 0 saturated carbocycles. The topological polar surface area (TPSA) is 104 Å². The lowest BCUT2D eigenvalue weighted by atomic mass is 10.1. The molecule has 1 aliphatic heterocycles. The van der Waals surface area contributed by atoms with Crippen LogP contribution in [0.1, 0.15) is 25.0 Å². The maximum atomic E-state index is 13.6. The molecule has 30 heavy (non-hydrogen) atoms. The third-order valence-corrected chi connectivity index (χ3v) is 7.48. The molecule has 12 heteroatoms. The van der Waals surface area contributed by atoms with Crippen molar-refractivity contribution in [1.29, 1.82) is 0 Å². The van der Waals surface area contributed by atoms with Crippen LogP contribution < -0.4 is 14.8 Å². The maximum absolute atomic E-state index is 13.6. The zero-order valence-electron chi connectivity index (χ0n) is 16.0. The van der Waals surface area contributed by atoms with Gasteiger partial charge < -0.3 is 5.32 Å². The van der Waals surface area contributed by atoms with Crippen LogP contribution >= 0.6 is 0 Å². The van der Waals surface area contributed by atoms with Crippen LogP contribution in [0.5, 0.6) is 0 Å². The van der Waals surface area contributed by atoms with Crippen molar-refractivity contribution in [2.75, 3.05) is 5.32 Å². The molecule has 3 rings (SSSR count). The molecule has 2 aromatic carbocycles. The van der Waals surface area contributed by atoms with E-state index >= 15 is 0 Å². The predicted molar refractivity (Wildman–Crippen MR) is 105 cm³/mol. The van der Waals surface area contributed by atoms with Crippen molar-refractivity contribution in [2.24, 2.45) is 0 Å². The van der Waals surface area contributed by atoms with Crippen LogP contribution in [0, 0.1) is 0 Å². The average Bonchev–Trinajstić information content (AvgIpc) is 2.59. The molecule has 0 aliphatic carbocycles. The summed E-state index contributed by atoms with van der Waals surface area (Å²) in [5.74, 6) is 0. The van der Waals surface area contributed by atoms with Gasteiger partial charge in [-0.25, -0.2) is 21.6 Å². The van der Waals surface area contributed by atoms with Crippen molar-refractivity contribution >= 4 is 25.7 Å². The molecule has 1 unspecified atom stereocenters. The van der Waals surface area contributed by atoms with Crippen LogP contribution in [0.15, 0.2) is 52.3 Å². The van der Waals surface area contributed by atoms with Gasteiger partial charge in [-0.05, 0) is 31.5 Å². The molecule has 0 spiro atoms. The molecule has 0 radical (unpaired) electrons. The van der Waals surface area contributed by atoms with Crippen LogP contribution in [0.3, 0.4) is 0 Å². The molecular weight excluding hydrogens is 443 g/mol. The van der Waals surface area contributed by atoms with E-state index in [1.165, 1.54) is 13.8 Å². The minimum Gasteiger partial charge on any atom is -0.368 e. The fraction of sp³-hybridized carbons (Fsp3) is 0.333. The van der Waals surface area contributed by atoms with Crippen molar-refractivity contribution in [2.45, 2.75) is 48.4 Å². The first kappa shape index (κ1) is 22.5. The van der Waals surface area contributed by atoms with Gasteiger partial charge in [-0.15, -0.1) is 0 Å². The highest BCUT2D eigenvalue weighted by Crippen LogP contribution is 2.40. The number of halogens is 3. The van der Waals surface area contributed by atoms with Crippen LogP contribution in [0.25, 0.3) is 0 Å². The van der Waals surface area contributed by atoms with E-state index < -0.39 is 53.8 Å². The zero-order chi connectivity index (χ0) is 22.3. The van der Waals surface area contributed by atoms with E-state index in [1.807, 2.05) is 0 Å². The van der Waals surface area contributed by atoms with Gasteiger partial charge in [0.15, 0.2) is 0 Å². The fourth-order valence-electron chi connectivity index (χ4n) is 3.12. The van der Waals surface area contributed by atoms with Gasteiger partial charge in [-0.1, -0.05) is 30.3 Å². The lowest BCUT2D eigenvalue weighted by Gasteiger charge is -2.29. The number of anilines is 1. The van der Waals surface area contributed by atoms with Gasteiger partial charge in [0.1, 0.15) is 4.90 Å². The van der Waals surface area contributed by atoms with E-state index in [2.05, 4.69) is 14.8 Å². The Morgan fingerprint density at radius 1 is 1.13 bits per heavy atom. The summed E-state index contributed by atoms with van der Waals surface area (Å²) in [6.45, 7) is 2.88. The van der Waals surface area contributed by atoms with Crippen molar-refractivity contribution in [3.8, 4) is 0 Å². The van der Waals surface area contributed by atoms with Crippen molar-refractivity contribution in [1.82, 2.24) is 9.44 Å². The average molecular weight is 464 g/mol. The standard InChI is InChI=1S/C18H20F3N3O4S2/c1-11(2)23-29(25,26)15-10-16-14(9-13(15)18(19,20)21)22-17(24-30(16,27)28)8-12-6-4-3-5-7-12/h3-7,9-11,17,22-24H,8H2,1-2H3. The van der Waals surface area contributed by atoms with E-state index in [1.54, 1.807) is 30.3 Å². The zero-order valence-corrected chi connectivity index (χ0v) is 17.6. The van der Waals surface area contributed by atoms with Crippen LogP contribution in [-0.2, 0) is 32.6 Å². The summed E-state index contributed by atoms with van der Waals surface area (Å²) in [4.78, 5) is -1.71. The largest absolute Gasteiger partial charge is 0.417 e. The fourth-order valence-corrected chi connectivity index (χ4v) is 6.01. The van der Waals surface area contributed by atoms with Gasteiger partial charge in [-0.2, -0.15) is 17.9 Å². The molecule has 2 aromatic rings. The summed E-state index contributed by atoms with van der Waals surface area (Å²) < 4.78 is 95.6. The van der Waals surface area contributed by atoms with Gasteiger partial charge >= 0.3 is 6.18 Å². The highest BCUT2D eigenvalue weighted by molar-refractivity contribution is 7.90. The van der Waals surface area contributed by atoms with E-state index in [-0.39, 0.29) is 12.1 Å². The first-order valence-electron chi connectivity index (χ1n) is 8.90. The molecule has 0 amide bonds. The molecule has 0 bridgehead atoms. The second-order valence-electron chi connectivity index (χ2n) is 7.13. The molecule has 0 saturated heterocycles. The van der Waals surface area contributed by atoms with Crippen LogP contribution in [-0.4, -0.2) is 29.0 Å². The predicted octanol–water partition coefficient (Wildman–Crippen LogP) is 2.66. The van der Waals surface area contributed by atoms with Gasteiger partial charge in [0.05, 0.1) is 22.3 Å². The molecule has 1 heterocycles. The molecule has 1 aliphatic rings. The third kappa shape index (κ3) is 4.77. The first-order chi connectivity index (χ1) is 13.8. The minimum absolute atomic E-state index is 0.176. The van der Waals surface area contributed by atoms with Gasteiger partial charge in [0, 0.05) is 12.5 Å². The highest BCUT2D eigenvalue weighted by atomic mass is 32.2. The summed E-state index contributed by atoms with van der Waals surface area (Å²) >= 11 is 0. The van der Waals surface area contributed by atoms with E-state index in [4.69, 9.17) is 0 Å². The number of fused-ring (bicyclic) bond motifs is 1. The molecule has 164 valence electrons. The molecule has 7 nitrogen and oxygen atoms in total. The highest BCUT2D eigenvalue weighted by Gasteiger charge is 2.41. The third-order valence-electron chi connectivity index (χ3n) is 4.27. The second kappa shape index (κ2) is 7.84. The Morgan fingerprint density at radius 2 is 1.77 bits per heavy atom. The maximum Gasteiger partial charge on any atom is 0.417 e. The number of rotatable bonds is 5. The molecule has 0 aromatic heterocycles. The molecule has 3 N–H and O–H groups in total. The Balaban J connectivity index is 2.11. The first-order valence-corrected chi connectivity index (χ1v) is 11.9. The van der Waals surface area contributed by atoms with Crippen molar-refractivity contribution in [3.05, 3.63) is 53.6 Å². The van der Waals surface area contributed by atoms with E-state index in [0.29, 0.717) is 12.1 Å². The molecular formula is C18H20F3N3O4S2. The quantitative estimate of drug-likeness (QED) is 0.633. The summed E-state index contributed by atoms with van der Waals surface area (Å²) in [5.41, 5.74) is -1.000. The summed E-state index contributed by atoms with van der Waals surface area (Å²) in [6.07, 6.45) is -5.74. The lowest BCUT2D eigenvalue weighted by molar-refractivity contribution is -0.139. The minimum atomic E-state index is -5.01. The summed E-state index contributed by atoms with van der Waals surface area (Å²) in [6, 6.07) is 9.16. The van der Waals surface area contributed by atoms with E-state index in [9.17, 15) is 30.0 Å². The van der Waals surface area contributed by atoms with Crippen molar-refractivity contribution < 1.29 is 30.0 Å². The Morgan fingerprint density at radius 3 is 2.33 bits per heavy atom. The molecule has 0 fully saturated rings. The SMILES string of the molecule is CC(C)NS(=O)(=O)c1cc2c(cc1C(F)(F)F)NC(Cc1ccccc1)NS2(=O)=O. The Kier molecular flexibility index (Phi) is 5.89. The Bertz CT molecular complexity index is 1150. The van der Waals surface area contributed by atoms with Gasteiger partial charge in [0.2, 0.25) is 20.0 Å². The monoisotopic (exact) mass is 463 g/mol.